The molecule has 2 atom stereocenters. The predicted molar refractivity (Wildman–Crippen MR) is 157 cm³/mol. The zero-order valence-corrected chi connectivity index (χ0v) is 24.6. The summed E-state index contributed by atoms with van der Waals surface area (Å²) < 4.78 is 54.2. The fraction of sp³-hybridized carbons (Fsp3) is 0.517. The molecule has 0 radical (unpaired) electrons. The number of fused-ring (bicyclic) bond motifs is 1. The molecule has 1 saturated heterocycles. The molecule has 1 fully saturated rings. The van der Waals surface area contributed by atoms with Crippen molar-refractivity contribution < 1.29 is 32.5 Å². The first-order chi connectivity index (χ1) is 20.6. The first-order valence-corrected chi connectivity index (χ1v) is 14.4. The third-order valence-electron chi connectivity index (χ3n) is 7.30. The zero-order chi connectivity index (χ0) is 31.0. The standard InChI is InChI=1S/C29H36ClF3N6O4/c1-37-10-7-24(20(17-37)8-12-42-14-15-43-13-11-38-18-23(28(40)41)27(30)36-38)35-25-5-2-6-26-22(25)16-21(4-3-9-34)39(26)19-29(31,32)33/h2,5-6,16,18,20,24,35H,7-15,17,19,34H2,1H3,(H,40,41). The maximum Gasteiger partial charge on any atom is 0.406 e. The van der Waals surface area contributed by atoms with Crippen LogP contribution in [0.2, 0.25) is 5.15 Å². The van der Waals surface area contributed by atoms with Gasteiger partial charge in [-0.05, 0) is 56.5 Å². The molecule has 43 heavy (non-hydrogen) atoms. The van der Waals surface area contributed by atoms with Crippen LogP contribution in [0.15, 0.2) is 30.5 Å². The minimum atomic E-state index is -4.39. The summed E-state index contributed by atoms with van der Waals surface area (Å²) in [7, 11) is 2.07. The highest BCUT2D eigenvalue weighted by Gasteiger charge is 2.31. The third-order valence-corrected chi connectivity index (χ3v) is 7.58. The maximum atomic E-state index is 13.4. The smallest absolute Gasteiger partial charge is 0.406 e. The van der Waals surface area contributed by atoms with Crippen LogP contribution in [-0.2, 0) is 22.6 Å². The van der Waals surface area contributed by atoms with Crippen molar-refractivity contribution in [1.82, 2.24) is 19.2 Å². The van der Waals surface area contributed by atoms with Gasteiger partial charge in [0.25, 0.3) is 0 Å². The normalized spacial score (nSPS) is 17.6. The van der Waals surface area contributed by atoms with Crippen molar-refractivity contribution in [2.45, 2.75) is 38.1 Å². The van der Waals surface area contributed by atoms with Gasteiger partial charge in [-0.15, -0.1) is 0 Å². The van der Waals surface area contributed by atoms with Crippen LogP contribution in [0.25, 0.3) is 10.9 Å². The number of carboxylic acids is 1. The van der Waals surface area contributed by atoms with Crippen LogP contribution in [0, 0.1) is 17.8 Å². The topological polar surface area (TPSA) is 120 Å². The van der Waals surface area contributed by atoms with E-state index < -0.39 is 18.7 Å². The second-order valence-electron chi connectivity index (χ2n) is 10.5. The van der Waals surface area contributed by atoms with E-state index in [1.807, 2.05) is 6.07 Å². The summed E-state index contributed by atoms with van der Waals surface area (Å²) in [6.45, 7) is 2.69. The number of aromatic nitrogens is 3. The minimum Gasteiger partial charge on any atom is -0.478 e. The van der Waals surface area contributed by atoms with Gasteiger partial charge in [0, 0.05) is 36.5 Å². The fourth-order valence-corrected chi connectivity index (χ4v) is 5.50. The number of hydrogen-bond acceptors (Lipinski definition) is 7. The van der Waals surface area contributed by atoms with Gasteiger partial charge in [-0.2, -0.15) is 18.3 Å². The molecule has 0 aliphatic carbocycles. The van der Waals surface area contributed by atoms with Crippen LogP contribution in [0.5, 0.6) is 0 Å². The number of nitrogens with one attached hydrogen (secondary N) is 1. The van der Waals surface area contributed by atoms with Crippen molar-refractivity contribution in [2.75, 3.05) is 58.4 Å². The predicted octanol–water partition coefficient (Wildman–Crippen LogP) is 3.92. The summed E-state index contributed by atoms with van der Waals surface area (Å²) in [5.41, 5.74) is 6.95. The number of rotatable bonds is 13. The Bertz CT molecular complexity index is 1450. The van der Waals surface area contributed by atoms with Crippen molar-refractivity contribution in [3.8, 4) is 11.8 Å². The molecule has 1 aliphatic heterocycles. The number of hydrogen-bond donors (Lipinski definition) is 3. The van der Waals surface area contributed by atoms with Crippen LogP contribution in [0.3, 0.4) is 0 Å². The van der Waals surface area contributed by atoms with E-state index in [9.17, 15) is 18.0 Å². The Kier molecular flexibility index (Phi) is 11.3. The Morgan fingerprint density at radius 3 is 2.72 bits per heavy atom. The third kappa shape index (κ3) is 9.11. The summed E-state index contributed by atoms with van der Waals surface area (Å²) in [6.07, 6.45) is -1.35. The Hall–Kier alpha value is -3.28. The number of ether oxygens (including phenoxy) is 2. The monoisotopic (exact) mass is 624 g/mol. The van der Waals surface area contributed by atoms with E-state index in [-0.39, 0.29) is 34.9 Å². The second kappa shape index (κ2) is 14.9. The number of carbonyl (C=O) groups is 1. The lowest BCUT2D eigenvalue weighted by Crippen LogP contribution is -2.45. The Morgan fingerprint density at radius 2 is 2.02 bits per heavy atom. The maximum absolute atomic E-state index is 13.4. The average Bonchev–Trinajstić information content (AvgIpc) is 3.49. The molecule has 3 aromatic rings. The molecule has 0 bridgehead atoms. The number of benzene rings is 1. The van der Waals surface area contributed by atoms with Crippen LogP contribution < -0.4 is 11.1 Å². The number of likely N-dealkylation sites (tertiary alicyclic amines) is 1. The van der Waals surface area contributed by atoms with Crippen LogP contribution in [-0.4, -0.2) is 95.7 Å². The molecule has 1 aromatic carbocycles. The lowest BCUT2D eigenvalue weighted by atomic mass is 9.89. The molecule has 4 N–H and O–H groups in total. The highest BCUT2D eigenvalue weighted by Crippen LogP contribution is 2.32. The molecule has 4 rings (SSSR count). The van der Waals surface area contributed by atoms with Crippen LogP contribution in [0.4, 0.5) is 18.9 Å². The summed E-state index contributed by atoms with van der Waals surface area (Å²) in [5, 5.41) is 17.2. The van der Waals surface area contributed by atoms with Crippen LogP contribution in [0.1, 0.15) is 28.9 Å². The molecule has 0 spiro atoms. The Labute approximate surface area is 252 Å². The molecule has 0 saturated carbocycles. The summed E-state index contributed by atoms with van der Waals surface area (Å²) in [5.74, 6) is 4.60. The molecule has 1 aliphatic rings. The van der Waals surface area contributed by atoms with Crippen molar-refractivity contribution >= 4 is 34.2 Å². The largest absolute Gasteiger partial charge is 0.478 e. The molecular weight excluding hydrogens is 589 g/mol. The van der Waals surface area contributed by atoms with Crippen molar-refractivity contribution in [1.29, 1.82) is 0 Å². The number of aromatic carboxylic acids is 1. The van der Waals surface area contributed by atoms with E-state index in [2.05, 4.69) is 34.2 Å². The quantitative estimate of drug-likeness (QED) is 0.193. The van der Waals surface area contributed by atoms with E-state index in [0.717, 1.165) is 31.6 Å². The molecule has 3 heterocycles. The number of nitrogens with two attached hydrogens (primary N) is 1. The Morgan fingerprint density at radius 1 is 1.26 bits per heavy atom. The fourth-order valence-electron chi connectivity index (χ4n) is 5.27. The van der Waals surface area contributed by atoms with E-state index >= 15 is 0 Å². The molecule has 234 valence electrons. The summed E-state index contributed by atoms with van der Waals surface area (Å²) in [6, 6.07) is 7.15. The number of piperidine rings is 1. The van der Waals surface area contributed by atoms with Crippen LogP contribution >= 0.6 is 11.6 Å². The number of alkyl halides is 3. The van der Waals surface area contributed by atoms with Gasteiger partial charge < -0.3 is 35.1 Å². The van der Waals surface area contributed by atoms with Crippen molar-refractivity contribution in [2.24, 2.45) is 11.7 Å². The first-order valence-electron chi connectivity index (χ1n) is 14.0. The van der Waals surface area contributed by atoms with Gasteiger partial charge in [0.1, 0.15) is 12.1 Å². The molecular formula is C29H36ClF3N6O4. The average molecular weight is 625 g/mol. The molecule has 14 heteroatoms. The second-order valence-corrected chi connectivity index (χ2v) is 10.8. The van der Waals surface area contributed by atoms with Crippen molar-refractivity contribution in [3.05, 3.63) is 46.9 Å². The lowest BCUT2D eigenvalue weighted by Gasteiger charge is -2.38. The minimum absolute atomic E-state index is 0.0516. The Balaban J connectivity index is 1.31. The summed E-state index contributed by atoms with van der Waals surface area (Å²) in [4.78, 5) is 13.3. The van der Waals surface area contributed by atoms with Gasteiger partial charge in [-0.25, -0.2) is 4.79 Å². The van der Waals surface area contributed by atoms with Gasteiger partial charge >= 0.3 is 12.1 Å². The number of halogens is 4. The van der Waals surface area contributed by atoms with Gasteiger partial charge in [0.05, 0.1) is 44.1 Å². The van der Waals surface area contributed by atoms with E-state index in [4.69, 9.17) is 31.9 Å². The van der Waals surface area contributed by atoms with E-state index in [0.29, 0.717) is 43.9 Å². The summed E-state index contributed by atoms with van der Waals surface area (Å²) >= 11 is 5.81. The zero-order valence-electron chi connectivity index (χ0n) is 23.9. The SMILES string of the molecule is CN1CCC(Nc2cccc3c2cc(C#CCN)n3CC(F)(F)F)C(CCOCCOCCn2cc(C(=O)O)c(Cl)n2)C1. The van der Waals surface area contributed by atoms with E-state index in [1.165, 1.54) is 15.4 Å². The first kappa shape index (κ1) is 32.6. The van der Waals surface area contributed by atoms with Gasteiger partial charge in [-0.3, -0.25) is 4.68 Å². The van der Waals surface area contributed by atoms with E-state index in [1.54, 1.807) is 18.2 Å². The van der Waals surface area contributed by atoms with Crippen molar-refractivity contribution in [3.63, 3.8) is 0 Å². The number of nitrogens with zero attached hydrogens (tertiary/aromatic N) is 4. The molecule has 2 aromatic heterocycles. The highest BCUT2D eigenvalue weighted by atomic mass is 35.5. The van der Waals surface area contributed by atoms with Gasteiger partial charge in [0.2, 0.25) is 0 Å². The molecule has 2 unspecified atom stereocenters. The van der Waals surface area contributed by atoms with Gasteiger partial charge in [0.15, 0.2) is 5.15 Å². The number of anilines is 1. The van der Waals surface area contributed by atoms with Gasteiger partial charge in [-0.1, -0.05) is 23.6 Å². The molecule has 10 nitrogen and oxygen atoms in total. The molecule has 0 amide bonds. The highest BCUT2D eigenvalue weighted by molar-refractivity contribution is 6.32. The lowest BCUT2D eigenvalue weighted by molar-refractivity contribution is -0.140. The number of carboxylic acid groups (broad SMARTS) is 1.